The van der Waals surface area contributed by atoms with Crippen LogP contribution in [0.4, 0.5) is 0 Å². The van der Waals surface area contributed by atoms with Gasteiger partial charge >= 0.3 is 0 Å². The van der Waals surface area contributed by atoms with E-state index in [2.05, 4.69) is 20.8 Å². The van der Waals surface area contributed by atoms with Crippen molar-refractivity contribution in [2.24, 2.45) is 11.3 Å². The second-order valence-electron chi connectivity index (χ2n) is 7.75. The van der Waals surface area contributed by atoms with Crippen LogP contribution < -0.4 is 0 Å². The molecule has 0 bridgehead atoms. The molecule has 1 fully saturated rings. The maximum Gasteiger partial charge on any atom is 0.248 e. The largest absolute Gasteiger partial charge is 0.371 e. The number of benzene rings is 1. The fourth-order valence-electron chi connectivity index (χ4n) is 2.95. The normalized spacial score (nSPS) is 22.1. The van der Waals surface area contributed by atoms with Gasteiger partial charge < -0.3 is 9.64 Å². The second kappa shape index (κ2) is 7.79. The van der Waals surface area contributed by atoms with Gasteiger partial charge in [0.15, 0.2) is 11.7 Å². The van der Waals surface area contributed by atoms with Gasteiger partial charge in [0.25, 0.3) is 0 Å². The number of ether oxygens (including phenoxy) is 1. The molecular weight excluding hydrogens is 316 g/mol. The number of ketones is 1. The van der Waals surface area contributed by atoms with Gasteiger partial charge in [0.1, 0.15) is 6.04 Å². The number of carbonyl (C=O) groups is 2. The first kappa shape index (κ1) is 19.1. The van der Waals surface area contributed by atoms with Crippen LogP contribution >= 0.6 is 0 Å². The summed E-state index contributed by atoms with van der Waals surface area (Å²) < 4.78 is 5.86. The van der Waals surface area contributed by atoms with E-state index < -0.39 is 24.0 Å². The summed E-state index contributed by atoms with van der Waals surface area (Å²) in [5.41, 5.74) is 1.04. The van der Waals surface area contributed by atoms with E-state index in [9.17, 15) is 14.9 Å². The van der Waals surface area contributed by atoms with Crippen molar-refractivity contribution in [3.05, 3.63) is 35.9 Å². The zero-order chi connectivity index (χ0) is 18.6. The Morgan fingerprint density at radius 1 is 1.24 bits per heavy atom. The number of rotatable bonds is 6. The minimum Gasteiger partial charge on any atom is -0.371 e. The molecule has 0 aromatic heterocycles. The highest BCUT2D eigenvalue weighted by molar-refractivity contribution is 6.12. The number of Topliss-reactive ketones (excluding diaryl/α,β-unsaturated/α-hetero) is 1. The van der Waals surface area contributed by atoms with Crippen LogP contribution in [0.25, 0.3) is 0 Å². The van der Waals surface area contributed by atoms with Crippen molar-refractivity contribution in [1.82, 2.24) is 4.90 Å². The standard InChI is InChI=1S/C20H26N2O3/c1-14(25-13-15-8-6-5-7-9-15)17-18(23)16(12-21)19(24)22(17)11-10-20(2,3)4/h5-9,14,16-17H,10-11,13H2,1-4H3/t14-,16?,17?/m0/s1. The van der Waals surface area contributed by atoms with E-state index in [0.717, 1.165) is 12.0 Å². The Balaban J connectivity index is 2.11. The first-order chi connectivity index (χ1) is 11.7. The molecule has 2 rings (SSSR count). The molecule has 1 aliphatic rings. The molecule has 0 N–H and O–H groups in total. The van der Waals surface area contributed by atoms with E-state index in [1.165, 1.54) is 4.90 Å². The lowest BCUT2D eigenvalue weighted by atomic mass is 9.92. The predicted octanol–water partition coefficient (Wildman–Crippen LogP) is 2.95. The van der Waals surface area contributed by atoms with Crippen LogP contribution in [0.2, 0.25) is 0 Å². The van der Waals surface area contributed by atoms with Gasteiger partial charge in [-0.25, -0.2) is 0 Å². The Morgan fingerprint density at radius 3 is 2.44 bits per heavy atom. The zero-order valence-electron chi connectivity index (χ0n) is 15.4. The van der Waals surface area contributed by atoms with Crippen molar-refractivity contribution >= 4 is 11.7 Å². The molecule has 5 nitrogen and oxygen atoms in total. The van der Waals surface area contributed by atoms with Gasteiger partial charge in [0, 0.05) is 6.54 Å². The minimum absolute atomic E-state index is 0.0345. The molecule has 1 aliphatic heterocycles. The molecule has 1 heterocycles. The Kier molecular flexibility index (Phi) is 5.97. The third-order valence-corrected chi connectivity index (χ3v) is 4.47. The number of amides is 1. The summed E-state index contributed by atoms with van der Waals surface area (Å²) in [5.74, 6) is -1.94. The van der Waals surface area contributed by atoms with Gasteiger partial charge in [-0.05, 0) is 24.3 Å². The van der Waals surface area contributed by atoms with Gasteiger partial charge in [-0.1, -0.05) is 51.1 Å². The molecule has 25 heavy (non-hydrogen) atoms. The van der Waals surface area contributed by atoms with E-state index in [1.54, 1.807) is 6.92 Å². The van der Waals surface area contributed by atoms with Crippen LogP contribution in [-0.2, 0) is 20.9 Å². The minimum atomic E-state index is -1.20. The number of nitriles is 1. The molecule has 1 aromatic carbocycles. The lowest BCUT2D eigenvalue weighted by Gasteiger charge is -2.30. The summed E-state index contributed by atoms with van der Waals surface area (Å²) >= 11 is 0. The van der Waals surface area contributed by atoms with Crippen molar-refractivity contribution in [1.29, 1.82) is 5.26 Å². The van der Waals surface area contributed by atoms with Gasteiger partial charge in [-0.3, -0.25) is 9.59 Å². The quantitative estimate of drug-likeness (QED) is 0.745. The fraction of sp³-hybridized carbons (Fsp3) is 0.550. The molecule has 0 spiro atoms. The highest BCUT2D eigenvalue weighted by atomic mass is 16.5. The lowest BCUT2D eigenvalue weighted by molar-refractivity contribution is -0.133. The third kappa shape index (κ3) is 4.67. The first-order valence-corrected chi connectivity index (χ1v) is 8.64. The van der Waals surface area contributed by atoms with Crippen LogP contribution in [0.3, 0.4) is 0 Å². The Bertz CT molecular complexity index is 658. The van der Waals surface area contributed by atoms with Crippen LogP contribution in [-0.4, -0.2) is 35.3 Å². The molecule has 0 saturated carbocycles. The summed E-state index contributed by atoms with van der Waals surface area (Å²) in [7, 11) is 0. The molecule has 5 heteroatoms. The monoisotopic (exact) mass is 342 g/mol. The van der Waals surface area contributed by atoms with Gasteiger partial charge in [0.05, 0.1) is 18.8 Å². The maximum atomic E-state index is 12.6. The average molecular weight is 342 g/mol. The summed E-state index contributed by atoms with van der Waals surface area (Å²) in [4.78, 5) is 26.6. The molecule has 2 unspecified atom stereocenters. The molecule has 3 atom stereocenters. The van der Waals surface area contributed by atoms with E-state index >= 15 is 0 Å². The fourth-order valence-corrected chi connectivity index (χ4v) is 2.95. The van der Waals surface area contributed by atoms with Gasteiger partial charge in [-0.15, -0.1) is 0 Å². The Morgan fingerprint density at radius 2 is 1.88 bits per heavy atom. The highest BCUT2D eigenvalue weighted by Crippen LogP contribution is 2.28. The van der Waals surface area contributed by atoms with Crippen molar-refractivity contribution in [3.63, 3.8) is 0 Å². The Labute approximate surface area is 149 Å². The summed E-state index contributed by atoms with van der Waals surface area (Å²) in [6.45, 7) is 8.87. The van der Waals surface area contributed by atoms with Gasteiger partial charge in [0.2, 0.25) is 5.91 Å². The van der Waals surface area contributed by atoms with Crippen molar-refractivity contribution in [2.45, 2.75) is 52.9 Å². The third-order valence-electron chi connectivity index (χ3n) is 4.47. The van der Waals surface area contributed by atoms with E-state index in [1.807, 2.05) is 36.4 Å². The number of hydrogen-bond donors (Lipinski definition) is 0. The van der Waals surface area contributed by atoms with Crippen LogP contribution in [0.1, 0.15) is 39.7 Å². The summed E-state index contributed by atoms with van der Waals surface area (Å²) in [6, 6.07) is 10.8. The van der Waals surface area contributed by atoms with Gasteiger partial charge in [-0.2, -0.15) is 5.26 Å². The highest BCUT2D eigenvalue weighted by Gasteiger charge is 2.50. The van der Waals surface area contributed by atoms with Crippen LogP contribution in [0.5, 0.6) is 0 Å². The van der Waals surface area contributed by atoms with Crippen molar-refractivity contribution in [3.8, 4) is 6.07 Å². The summed E-state index contributed by atoms with van der Waals surface area (Å²) in [5, 5.41) is 9.20. The number of hydrogen-bond acceptors (Lipinski definition) is 4. The molecular formula is C20H26N2O3. The second-order valence-corrected chi connectivity index (χ2v) is 7.75. The average Bonchev–Trinajstić information content (AvgIpc) is 2.80. The topological polar surface area (TPSA) is 70.4 Å². The van der Waals surface area contributed by atoms with Crippen LogP contribution in [0, 0.1) is 22.7 Å². The first-order valence-electron chi connectivity index (χ1n) is 8.64. The van der Waals surface area contributed by atoms with E-state index in [4.69, 9.17) is 4.74 Å². The number of carbonyl (C=O) groups excluding carboxylic acids is 2. The number of nitrogens with zero attached hydrogens (tertiary/aromatic N) is 2. The molecule has 0 aliphatic carbocycles. The molecule has 1 saturated heterocycles. The summed E-state index contributed by atoms with van der Waals surface area (Å²) in [6.07, 6.45) is 0.293. The van der Waals surface area contributed by atoms with Crippen LogP contribution in [0.15, 0.2) is 30.3 Å². The van der Waals surface area contributed by atoms with E-state index in [-0.39, 0.29) is 11.2 Å². The lowest BCUT2D eigenvalue weighted by Crippen LogP contribution is -2.45. The SMILES string of the molecule is C[C@H](OCc1ccccc1)C1C(=O)C(C#N)C(=O)N1CCC(C)(C)C. The van der Waals surface area contributed by atoms with Crippen molar-refractivity contribution < 1.29 is 14.3 Å². The molecule has 134 valence electrons. The smallest absolute Gasteiger partial charge is 0.248 e. The molecule has 1 aromatic rings. The predicted molar refractivity (Wildman–Crippen MR) is 94.4 cm³/mol. The zero-order valence-corrected chi connectivity index (χ0v) is 15.4. The maximum absolute atomic E-state index is 12.6. The van der Waals surface area contributed by atoms with E-state index in [0.29, 0.717) is 13.2 Å². The van der Waals surface area contributed by atoms with Crippen molar-refractivity contribution in [2.75, 3.05) is 6.54 Å². The number of likely N-dealkylation sites (tertiary alicyclic amines) is 1. The molecule has 1 amide bonds. The molecule has 0 radical (unpaired) electrons. The Hall–Kier alpha value is -2.19.